The van der Waals surface area contributed by atoms with Crippen LogP contribution in [0.3, 0.4) is 0 Å². The van der Waals surface area contributed by atoms with E-state index >= 15 is 0 Å². The average molecular weight is 537 g/mol. The second-order valence-corrected chi connectivity index (χ2v) is 10.9. The van der Waals surface area contributed by atoms with Gasteiger partial charge in [0.1, 0.15) is 5.82 Å². The van der Waals surface area contributed by atoms with Crippen molar-refractivity contribution < 1.29 is 4.39 Å². The van der Waals surface area contributed by atoms with Gasteiger partial charge in [0.25, 0.3) is 0 Å². The topological polar surface area (TPSA) is 56.3 Å². The first-order valence-electron chi connectivity index (χ1n) is 14.3. The third-order valence-corrected chi connectivity index (χ3v) is 8.13. The summed E-state index contributed by atoms with van der Waals surface area (Å²) in [7, 11) is 2.19. The van der Waals surface area contributed by atoms with E-state index in [-0.39, 0.29) is 11.7 Å². The van der Waals surface area contributed by atoms with Crippen LogP contribution < -0.4 is 10.6 Å². The zero-order valence-corrected chi connectivity index (χ0v) is 23.1. The highest BCUT2D eigenvalue weighted by Crippen LogP contribution is 2.42. The fraction of sp³-hybridized carbons (Fsp3) is 0.333. The Bertz CT molecular complexity index is 1410. The Morgan fingerprint density at radius 1 is 0.900 bits per heavy atom. The Kier molecular flexibility index (Phi) is 8.02. The largest absolute Gasteiger partial charge is 0.381 e. The fourth-order valence-electron chi connectivity index (χ4n) is 5.73. The van der Waals surface area contributed by atoms with E-state index in [0.29, 0.717) is 12.5 Å². The lowest BCUT2D eigenvalue weighted by Gasteiger charge is -2.32. The van der Waals surface area contributed by atoms with Gasteiger partial charge in [0.05, 0.1) is 5.69 Å². The second kappa shape index (κ2) is 12.1. The van der Waals surface area contributed by atoms with E-state index in [1.54, 1.807) is 0 Å². The molecule has 0 radical (unpaired) electrons. The summed E-state index contributed by atoms with van der Waals surface area (Å²) in [5.74, 6) is 0.750. The van der Waals surface area contributed by atoms with Crippen molar-refractivity contribution in [2.45, 2.75) is 25.3 Å². The van der Waals surface area contributed by atoms with Crippen LogP contribution in [0.25, 0.3) is 11.3 Å². The molecule has 6 rings (SSSR count). The minimum atomic E-state index is -0.211. The number of hydrogen-bond acceptors (Lipinski definition) is 6. The van der Waals surface area contributed by atoms with Crippen molar-refractivity contribution in [3.05, 3.63) is 107 Å². The number of fused-ring (bicyclic) bond motifs is 3. The summed E-state index contributed by atoms with van der Waals surface area (Å²) in [4.78, 5) is 14.6. The van der Waals surface area contributed by atoms with Crippen molar-refractivity contribution in [3.8, 4) is 11.3 Å². The fourth-order valence-corrected chi connectivity index (χ4v) is 5.73. The summed E-state index contributed by atoms with van der Waals surface area (Å²) < 4.78 is 13.2. The quantitative estimate of drug-likeness (QED) is 0.270. The molecule has 1 fully saturated rings. The van der Waals surface area contributed by atoms with Gasteiger partial charge in [0.15, 0.2) is 0 Å². The molecule has 1 unspecified atom stereocenters. The molecule has 206 valence electrons. The Morgan fingerprint density at radius 3 is 2.48 bits per heavy atom. The zero-order valence-electron chi connectivity index (χ0n) is 23.1. The number of benzene rings is 3. The molecule has 1 aliphatic heterocycles. The van der Waals surface area contributed by atoms with E-state index in [4.69, 9.17) is 4.98 Å². The molecule has 6 nitrogen and oxygen atoms in total. The molecule has 4 aromatic rings. The van der Waals surface area contributed by atoms with Crippen LogP contribution in [0.4, 0.5) is 16.0 Å². The van der Waals surface area contributed by atoms with Gasteiger partial charge >= 0.3 is 0 Å². The SMILES string of the molecule is CN1CCN(CCCNc2ncc3c(n2)-c2ccccc2C(c2ccc(NCc4ccc(F)cc4)cc2)C3)CC1. The van der Waals surface area contributed by atoms with Crippen molar-refractivity contribution >= 4 is 11.6 Å². The van der Waals surface area contributed by atoms with Gasteiger partial charge in [0, 0.05) is 62.6 Å². The first-order chi connectivity index (χ1) is 19.6. The molecule has 1 aliphatic carbocycles. The van der Waals surface area contributed by atoms with Crippen LogP contribution in [0.2, 0.25) is 0 Å². The summed E-state index contributed by atoms with van der Waals surface area (Å²) in [5.41, 5.74) is 8.09. The molecule has 0 amide bonds. The summed E-state index contributed by atoms with van der Waals surface area (Å²) in [6.45, 7) is 7.25. The van der Waals surface area contributed by atoms with Crippen LogP contribution in [-0.2, 0) is 13.0 Å². The molecule has 7 heteroatoms. The molecule has 0 saturated carbocycles. The minimum absolute atomic E-state index is 0.211. The summed E-state index contributed by atoms with van der Waals surface area (Å²) >= 11 is 0. The maximum absolute atomic E-state index is 13.2. The number of piperazine rings is 1. The van der Waals surface area contributed by atoms with Crippen LogP contribution in [0.5, 0.6) is 0 Å². The summed E-state index contributed by atoms with van der Waals surface area (Å²) in [5, 5.41) is 6.90. The van der Waals surface area contributed by atoms with Gasteiger partial charge in [-0.05, 0) is 73.0 Å². The van der Waals surface area contributed by atoms with E-state index in [2.05, 4.69) is 81.0 Å². The van der Waals surface area contributed by atoms with Gasteiger partial charge in [-0.3, -0.25) is 0 Å². The van der Waals surface area contributed by atoms with Crippen molar-refractivity contribution in [1.82, 2.24) is 19.8 Å². The maximum Gasteiger partial charge on any atom is 0.223 e. The molecule has 40 heavy (non-hydrogen) atoms. The van der Waals surface area contributed by atoms with E-state index in [9.17, 15) is 4.39 Å². The summed E-state index contributed by atoms with van der Waals surface area (Å²) in [6.07, 6.45) is 3.96. The summed E-state index contributed by atoms with van der Waals surface area (Å²) in [6, 6.07) is 23.9. The predicted molar refractivity (Wildman–Crippen MR) is 160 cm³/mol. The molecule has 2 aliphatic rings. The lowest BCUT2D eigenvalue weighted by molar-refractivity contribution is 0.154. The number of rotatable bonds is 9. The Hall–Kier alpha value is -3.81. The lowest BCUT2D eigenvalue weighted by atomic mass is 9.78. The van der Waals surface area contributed by atoms with E-state index in [1.807, 2.05) is 18.3 Å². The predicted octanol–water partition coefficient (Wildman–Crippen LogP) is 5.63. The minimum Gasteiger partial charge on any atom is -0.381 e. The van der Waals surface area contributed by atoms with Gasteiger partial charge < -0.3 is 20.4 Å². The number of nitrogens with zero attached hydrogens (tertiary/aromatic N) is 4. The standard InChI is InChI=1S/C33H37FN6/c1-39-17-19-40(20-18-39)16-4-15-35-33-37-23-26-21-31(29-5-2-3-6-30(29)32(26)38-33)25-9-13-28(14-10-25)36-22-24-7-11-27(34)12-8-24/h2-3,5-14,23,31,36H,4,15-22H2,1H3,(H,35,37,38). The third kappa shape index (κ3) is 6.16. The molecule has 1 saturated heterocycles. The van der Waals surface area contributed by atoms with Crippen molar-refractivity contribution in [2.24, 2.45) is 0 Å². The smallest absolute Gasteiger partial charge is 0.223 e. The normalized spacial score (nSPS) is 17.2. The van der Waals surface area contributed by atoms with Crippen molar-refractivity contribution in [1.29, 1.82) is 0 Å². The second-order valence-electron chi connectivity index (χ2n) is 10.9. The molecule has 1 aromatic heterocycles. The van der Waals surface area contributed by atoms with Crippen molar-refractivity contribution in [2.75, 3.05) is 56.9 Å². The van der Waals surface area contributed by atoms with Gasteiger partial charge in [-0.1, -0.05) is 48.5 Å². The van der Waals surface area contributed by atoms with Crippen LogP contribution in [0.15, 0.2) is 79.0 Å². The van der Waals surface area contributed by atoms with Crippen molar-refractivity contribution in [3.63, 3.8) is 0 Å². The molecule has 2 heterocycles. The van der Waals surface area contributed by atoms with Gasteiger partial charge in [-0.25, -0.2) is 14.4 Å². The number of nitrogens with one attached hydrogen (secondary N) is 2. The van der Waals surface area contributed by atoms with Crippen LogP contribution in [0, 0.1) is 5.82 Å². The lowest BCUT2D eigenvalue weighted by Crippen LogP contribution is -2.44. The molecular weight excluding hydrogens is 499 g/mol. The van der Waals surface area contributed by atoms with E-state index in [0.717, 1.165) is 69.1 Å². The highest BCUT2D eigenvalue weighted by molar-refractivity contribution is 5.72. The third-order valence-electron chi connectivity index (χ3n) is 8.13. The zero-order chi connectivity index (χ0) is 27.3. The Balaban J connectivity index is 1.10. The maximum atomic E-state index is 13.2. The first-order valence-corrected chi connectivity index (χ1v) is 14.3. The van der Waals surface area contributed by atoms with Crippen LogP contribution in [0.1, 0.15) is 34.6 Å². The number of halogens is 1. The Morgan fingerprint density at radius 2 is 1.68 bits per heavy atom. The molecule has 3 aromatic carbocycles. The van der Waals surface area contributed by atoms with Gasteiger partial charge in [-0.2, -0.15) is 0 Å². The first kappa shape index (κ1) is 26.4. The number of aromatic nitrogens is 2. The number of likely N-dealkylation sites (N-methyl/N-ethyl adjacent to an activating group) is 1. The molecule has 1 atom stereocenters. The van der Waals surface area contributed by atoms with Gasteiger partial charge in [0.2, 0.25) is 5.95 Å². The van der Waals surface area contributed by atoms with E-state index in [1.165, 1.54) is 34.4 Å². The molecule has 0 bridgehead atoms. The molecule has 0 spiro atoms. The highest BCUT2D eigenvalue weighted by atomic mass is 19.1. The molecular formula is C33H37FN6. The molecule has 2 N–H and O–H groups in total. The average Bonchev–Trinajstić information content (AvgIpc) is 3.00. The monoisotopic (exact) mass is 536 g/mol. The van der Waals surface area contributed by atoms with Crippen LogP contribution >= 0.6 is 0 Å². The Labute approximate surface area is 236 Å². The van der Waals surface area contributed by atoms with Crippen LogP contribution in [-0.4, -0.2) is 66.1 Å². The number of hydrogen-bond donors (Lipinski definition) is 2. The van der Waals surface area contributed by atoms with E-state index < -0.39 is 0 Å². The highest BCUT2D eigenvalue weighted by Gasteiger charge is 2.27. The number of anilines is 2. The van der Waals surface area contributed by atoms with Gasteiger partial charge in [-0.15, -0.1) is 0 Å².